The number of hydrogen-bond donors (Lipinski definition) is 0. The molecule has 0 aromatic rings. The normalized spacial score (nSPS) is 19.4. The summed E-state index contributed by atoms with van der Waals surface area (Å²) in [4.78, 5) is 13.6. The summed E-state index contributed by atoms with van der Waals surface area (Å²) < 4.78 is 0. The Morgan fingerprint density at radius 1 is 1.06 bits per heavy atom. The number of carbonyl (C=O) groups excluding carboxylic acids is 1. The fraction of sp³-hybridized carbons (Fsp3) is 0.133. The van der Waals surface area contributed by atoms with E-state index in [1.54, 1.807) is 12.2 Å². The Morgan fingerprint density at radius 2 is 1.72 bits per heavy atom. The largest absolute Gasteiger partial charge is 0.354 e. The van der Waals surface area contributed by atoms with Crippen molar-refractivity contribution in [1.29, 1.82) is 0 Å². The Hall–Kier alpha value is -1.36. The van der Waals surface area contributed by atoms with Crippen LogP contribution >= 0.6 is 24.0 Å². The minimum absolute atomic E-state index is 0. The first-order valence-corrected chi connectivity index (χ1v) is 5.73. The third-order valence-corrected chi connectivity index (χ3v) is 2.66. The van der Waals surface area contributed by atoms with Crippen molar-refractivity contribution in [1.82, 2.24) is 4.90 Å². The van der Waals surface area contributed by atoms with Crippen LogP contribution in [0.2, 0.25) is 0 Å². The first-order valence-electron chi connectivity index (χ1n) is 5.73. The Kier molecular flexibility index (Phi) is 5.85. The molecule has 0 N–H and O–H groups in total. The average Bonchev–Trinajstić information content (AvgIpc) is 2.38. The highest BCUT2D eigenvalue weighted by atomic mass is 127. The number of nitrogens with zero attached hydrogens (tertiary/aromatic N) is 1. The number of carbonyl (C=O) groups is 1. The molecule has 2 aliphatic rings. The summed E-state index contributed by atoms with van der Waals surface area (Å²) >= 11 is 0. The summed E-state index contributed by atoms with van der Waals surface area (Å²) in [5.41, 5.74) is 1.82. The zero-order valence-corrected chi connectivity index (χ0v) is 12.6. The Bertz CT molecular complexity index is 477. The van der Waals surface area contributed by atoms with E-state index < -0.39 is 0 Å². The maximum Gasteiger partial charge on any atom is 0.185 e. The minimum atomic E-state index is 0. The van der Waals surface area contributed by atoms with Crippen LogP contribution in [0, 0.1) is 0 Å². The van der Waals surface area contributed by atoms with Gasteiger partial charge in [-0.25, -0.2) is 0 Å². The van der Waals surface area contributed by atoms with Gasteiger partial charge in [0, 0.05) is 24.5 Å². The minimum Gasteiger partial charge on any atom is -0.354 e. The number of allylic oxidation sites excluding steroid dienone is 10. The predicted molar refractivity (Wildman–Crippen MR) is 85.5 cm³/mol. The van der Waals surface area contributed by atoms with Crippen LogP contribution in [-0.2, 0) is 4.79 Å². The summed E-state index contributed by atoms with van der Waals surface area (Å²) in [5, 5.41) is 0. The van der Waals surface area contributed by atoms with Crippen molar-refractivity contribution in [3.05, 3.63) is 72.2 Å². The summed E-state index contributed by atoms with van der Waals surface area (Å²) in [6.45, 7) is 3.07. The van der Waals surface area contributed by atoms with Gasteiger partial charge in [0.05, 0.1) is 0 Å². The quantitative estimate of drug-likeness (QED) is 0.559. The smallest absolute Gasteiger partial charge is 0.185 e. The van der Waals surface area contributed by atoms with Gasteiger partial charge in [-0.2, -0.15) is 0 Å². The van der Waals surface area contributed by atoms with Crippen LogP contribution in [0.4, 0.5) is 0 Å². The number of halogens is 1. The van der Waals surface area contributed by atoms with Gasteiger partial charge in [0.15, 0.2) is 5.78 Å². The van der Waals surface area contributed by atoms with Gasteiger partial charge in [0.25, 0.3) is 0 Å². The van der Waals surface area contributed by atoms with Crippen molar-refractivity contribution in [2.75, 3.05) is 6.54 Å². The fourth-order valence-corrected chi connectivity index (χ4v) is 1.60. The highest BCUT2D eigenvalue weighted by Crippen LogP contribution is 2.11. The van der Waals surface area contributed by atoms with Crippen molar-refractivity contribution in [3.63, 3.8) is 0 Å². The maximum absolute atomic E-state index is 11.5. The zero-order valence-electron chi connectivity index (χ0n) is 10.2. The molecule has 0 amide bonds. The van der Waals surface area contributed by atoms with Gasteiger partial charge in [0.2, 0.25) is 0 Å². The lowest BCUT2D eigenvalue weighted by atomic mass is 10.0. The molecule has 3 heteroatoms. The standard InChI is InChI=1S/C15H15NO.HI/c1-2-16-11-9-13(10-12-16)7-8-14-5-3-4-6-15(14)17;/h3-12H,2H2,1H3;1H/b14-8+;. The molecule has 0 saturated heterocycles. The lowest BCUT2D eigenvalue weighted by Crippen LogP contribution is -2.10. The Morgan fingerprint density at radius 3 is 2.33 bits per heavy atom. The third-order valence-electron chi connectivity index (χ3n) is 2.66. The number of ketones is 1. The fourth-order valence-electron chi connectivity index (χ4n) is 1.60. The molecule has 2 nitrogen and oxygen atoms in total. The maximum atomic E-state index is 11.5. The SMILES string of the molecule is CCN1C=CC(=C/C=C2\C=CC=CC2=O)C=C1.I. The lowest BCUT2D eigenvalue weighted by molar-refractivity contribution is -0.111. The second-order valence-corrected chi connectivity index (χ2v) is 3.83. The van der Waals surface area contributed by atoms with Crippen LogP contribution in [0.1, 0.15) is 6.92 Å². The number of rotatable bonds is 2. The summed E-state index contributed by atoms with van der Waals surface area (Å²) in [6, 6.07) is 0. The molecule has 0 spiro atoms. The van der Waals surface area contributed by atoms with Crippen molar-refractivity contribution in [2.45, 2.75) is 6.92 Å². The molecule has 0 saturated carbocycles. The van der Waals surface area contributed by atoms with E-state index in [0.717, 1.165) is 17.7 Å². The van der Waals surface area contributed by atoms with E-state index in [0.29, 0.717) is 0 Å². The first kappa shape index (κ1) is 14.7. The molecule has 0 fully saturated rings. The van der Waals surface area contributed by atoms with Gasteiger partial charge >= 0.3 is 0 Å². The van der Waals surface area contributed by atoms with E-state index >= 15 is 0 Å². The lowest BCUT2D eigenvalue weighted by Gasteiger charge is -2.15. The van der Waals surface area contributed by atoms with Crippen molar-refractivity contribution < 1.29 is 4.79 Å². The molecular weight excluding hydrogens is 337 g/mol. The van der Waals surface area contributed by atoms with E-state index in [-0.39, 0.29) is 29.8 Å². The van der Waals surface area contributed by atoms with Gasteiger partial charge in [-0.1, -0.05) is 30.4 Å². The second-order valence-electron chi connectivity index (χ2n) is 3.83. The van der Waals surface area contributed by atoms with Crippen molar-refractivity contribution >= 4 is 29.8 Å². The van der Waals surface area contributed by atoms with Gasteiger partial charge in [0.1, 0.15) is 0 Å². The molecule has 94 valence electrons. The monoisotopic (exact) mass is 353 g/mol. The van der Waals surface area contributed by atoms with Gasteiger partial charge in [-0.15, -0.1) is 24.0 Å². The highest BCUT2D eigenvalue weighted by Gasteiger charge is 2.03. The molecule has 1 aliphatic heterocycles. The molecule has 1 aliphatic carbocycles. The zero-order chi connectivity index (χ0) is 12.1. The van der Waals surface area contributed by atoms with E-state index in [1.807, 2.05) is 48.9 Å². The molecule has 0 aromatic heterocycles. The van der Waals surface area contributed by atoms with Gasteiger partial charge in [-0.05, 0) is 30.7 Å². The average molecular weight is 353 g/mol. The van der Waals surface area contributed by atoms with E-state index in [9.17, 15) is 4.79 Å². The molecular formula is C15H16INO. The topological polar surface area (TPSA) is 20.3 Å². The highest BCUT2D eigenvalue weighted by molar-refractivity contribution is 14.0. The predicted octanol–water partition coefficient (Wildman–Crippen LogP) is 3.52. The van der Waals surface area contributed by atoms with E-state index in [2.05, 4.69) is 11.8 Å². The number of hydrogen-bond acceptors (Lipinski definition) is 2. The molecule has 0 aromatic carbocycles. The molecule has 0 radical (unpaired) electrons. The van der Waals surface area contributed by atoms with Gasteiger partial charge < -0.3 is 4.90 Å². The van der Waals surface area contributed by atoms with E-state index in [1.165, 1.54) is 0 Å². The molecule has 2 rings (SSSR count). The van der Waals surface area contributed by atoms with Crippen LogP contribution in [0.15, 0.2) is 72.2 Å². The molecule has 0 bridgehead atoms. The first-order chi connectivity index (χ1) is 8.29. The molecule has 0 unspecified atom stereocenters. The third kappa shape index (κ3) is 3.84. The summed E-state index contributed by atoms with van der Waals surface area (Å²) in [7, 11) is 0. The van der Waals surface area contributed by atoms with Crippen LogP contribution in [0.25, 0.3) is 0 Å². The summed E-state index contributed by atoms with van der Waals surface area (Å²) in [6.07, 6.45) is 19.0. The van der Waals surface area contributed by atoms with Crippen molar-refractivity contribution in [3.8, 4) is 0 Å². The summed E-state index contributed by atoms with van der Waals surface area (Å²) in [5.74, 6) is 0.0586. The van der Waals surface area contributed by atoms with Crippen molar-refractivity contribution in [2.24, 2.45) is 0 Å². The van der Waals surface area contributed by atoms with E-state index in [4.69, 9.17) is 0 Å². The molecule has 0 atom stereocenters. The Balaban J connectivity index is 0.00000162. The Labute approximate surface area is 125 Å². The molecule has 1 heterocycles. The van der Waals surface area contributed by atoms with Crippen LogP contribution in [0.5, 0.6) is 0 Å². The van der Waals surface area contributed by atoms with Gasteiger partial charge in [-0.3, -0.25) is 4.79 Å². The molecule has 18 heavy (non-hydrogen) atoms. The van der Waals surface area contributed by atoms with Crippen LogP contribution in [0.3, 0.4) is 0 Å². The second kappa shape index (κ2) is 7.16. The van der Waals surface area contributed by atoms with Crippen LogP contribution < -0.4 is 0 Å². The van der Waals surface area contributed by atoms with Crippen LogP contribution in [-0.4, -0.2) is 17.2 Å².